The van der Waals surface area contributed by atoms with E-state index in [9.17, 15) is 0 Å². The molecule has 0 N–H and O–H groups in total. The molecule has 0 atom stereocenters. The average molecular weight is 334 g/mol. The summed E-state index contributed by atoms with van der Waals surface area (Å²) < 4.78 is 7.59. The van der Waals surface area contributed by atoms with Crippen molar-refractivity contribution in [2.45, 2.75) is 27.2 Å². The van der Waals surface area contributed by atoms with Crippen molar-refractivity contribution in [3.63, 3.8) is 0 Å². The molecule has 0 amide bonds. The zero-order valence-electron chi connectivity index (χ0n) is 15.0. The normalized spacial score (nSPS) is 12.6. The van der Waals surface area contributed by atoms with E-state index in [2.05, 4.69) is 22.0 Å². The van der Waals surface area contributed by atoms with E-state index in [4.69, 9.17) is 4.42 Å². The maximum Gasteiger partial charge on any atom is 0.266 e. The van der Waals surface area contributed by atoms with Gasteiger partial charge in [-0.3, -0.25) is 0 Å². The number of hydrogen-bond acceptors (Lipinski definition) is 4. The maximum atomic E-state index is 5.88. The van der Waals surface area contributed by atoms with Crippen LogP contribution in [0.1, 0.15) is 23.9 Å². The quantitative estimate of drug-likeness (QED) is 0.734. The molecule has 5 nitrogen and oxygen atoms in total. The van der Waals surface area contributed by atoms with Gasteiger partial charge < -0.3 is 4.42 Å². The lowest BCUT2D eigenvalue weighted by molar-refractivity contribution is 0.376. The van der Waals surface area contributed by atoms with Gasteiger partial charge in [-0.1, -0.05) is 42.3 Å². The summed E-state index contributed by atoms with van der Waals surface area (Å²) >= 11 is 0. The Bertz CT molecular complexity index is 994. The fourth-order valence-electron chi connectivity index (χ4n) is 2.34. The highest BCUT2D eigenvalue weighted by atomic mass is 16.4. The zero-order valence-corrected chi connectivity index (χ0v) is 15.0. The van der Waals surface area contributed by atoms with E-state index in [0.717, 1.165) is 11.4 Å². The standard InChI is InChI=1S/C20H22N4O/c1-5-18-23-24(4)19(21-16-10-6-14(2)7-11-16)20(25-18)22-17-12-8-15(3)9-13-17/h6-13H,5H2,1-4H3. The van der Waals surface area contributed by atoms with Crippen LogP contribution in [0.4, 0.5) is 11.4 Å². The molecule has 0 saturated heterocycles. The monoisotopic (exact) mass is 334 g/mol. The van der Waals surface area contributed by atoms with Gasteiger partial charge in [0.2, 0.25) is 11.4 Å². The minimum atomic E-state index is 0.457. The van der Waals surface area contributed by atoms with Crippen molar-refractivity contribution in [2.75, 3.05) is 0 Å². The van der Waals surface area contributed by atoms with Gasteiger partial charge in [0.05, 0.1) is 11.4 Å². The van der Waals surface area contributed by atoms with Crippen LogP contribution >= 0.6 is 0 Å². The lowest BCUT2D eigenvalue weighted by atomic mass is 10.2. The van der Waals surface area contributed by atoms with Crippen molar-refractivity contribution >= 4 is 11.4 Å². The Balaban J connectivity index is 2.23. The second kappa shape index (κ2) is 7.30. The molecule has 0 fully saturated rings. The summed E-state index contributed by atoms with van der Waals surface area (Å²) in [5, 5.41) is 4.42. The average Bonchev–Trinajstić information content (AvgIpc) is 2.61. The topological polar surface area (TPSA) is 55.7 Å². The largest absolute Gasteiger partial charge is 0.419 e. The van der Waals surface area contributed by atoms with Crippen LogP contribution < -0.4 is 11.0 Å². The second-order valence-corrected chi connectivity index (χ2v) is 6.00. The molecule has 0 radical (unpaired) electrons. The third-order valence-electron chi connectivity index (χ3n) is 3.81. The minimum absolute atomic E-state index is 0.457. The van der Waals surface area contributed by atoms with Crippen molar-refractivity contribution < 1.29 is 4.42 Å². The van der Waals surface area contributed by atoms with Crippen LogP contribution in [-0.2, 0) is 13.5 Å². The van der Waals surface area contributed by atoms with Crippen molar-refractivity contribution in [1.82, 2.24) is 9.78 Å². The number of aryl methyl sites for hydroxylation is 4. The Kier molecular flexibility index (Phi) is 4.93. The van der Waals surface area contributed by atoms with Crippen molar-refractivity contribution in [3.8, 4) is 0 Å². The highest BCUT2D eigenvalue weighted by Gasteiger charge is 2.03. The number of aromatic nitrogens is 2. The Labute approximate surface area is 147 Å². The molecule has 0 unspecified atom stereocenters. The van der Waals surface area contributed by atoms with Crippen molar-refractivity contribution in [1.29, 1.82) is 0 Å². The van der Waals surface area contributed by atoms with Crippen LogP contribution in [0.15, 0.2) is 62.9 Å². The van der Waals surface area contributed by atoms with E-state index in [1.54, 1.807) is 4.68 Å². The van der Waals surface area contributed by atoms with Gasteiger partial charge in [-0.15, -0.1) is 5.10 Å². The van der Waals surface area contributed by atoms with Gasteiger partial charge in [0.25, 0.3) is 5.55 Å². The van der Waals surface area contributed by atoms with Gasteiger partial charge in [-0.25, -0.2) is 14.7 Å². The Hall–Kier alpha value is -2.95. The molecule has 1 heterocycles. The SMILES string of the molecule is CCc1nn(C)c(=Nc2ccc(C)cc2)c(=Nc2ccc(C)cc2)o1. The predicted molar refractivity (Wildman–Crippen MR) is 97.7 cm³/mol. The molecule has 128 valence electrons. The predicted octanol–water partition coefficient (Wildman–Crippen LogP) is 3.66. The molecule has 0 saturated carbocycles. The van der Waals surface area contributed by atoms with E-state index >= 15 is 0 Å². The summed E-state index contributed by atoms with van der Waals surface area (Å²) in [6.07, 6.45) is 0.690. The molecule has 1 aromatic heterocycles. The number of benzene rings is 2. The van der Waals surface area contributed by atoms with Gasteiger partial charge in [-0.2, -0.15) is 0 Å². The summed E-state index contributed by atoms with van der Waals surface area (Å²) in [5.74, 6) is 0.621. The second-order valence-electron chi connectivity index (χ2n) is 6.00. The fraction of sp³-hybridized carbons (Fsp3) is 0.250. The highest BCUT2D eigenvalue weighted by molar-refractivity contribution is 5.39. The first-order chi connectivity index (χ1) is 12.0. The van der Waals surface area contributed by atoms with Crippen molar-refractivity contribution in [3.05, 3.63) is 76.6 Å². The molecule has 0 aliphatic heterocycles. The Morgan fingerprint density at radius 2 is 1.40 bits per heavy atom. The molecular formula is C20H22N4O. The van der Waals surface area contributed by atoms with Crippen LogP contribution in [-0.4, -0.2) is 9.78 Å². The highest BCUT2D eigenvalue weighted by Crippen LogP contribution is 2.12. The Morgan fingerprint density at radius 3 is 1.92 bits per heavy atom. The third kappa shape index (κ3) is 4.12. The van der Waals surface area contributed by atoms with Gasteiger partial charge in [0.15, 0.2) is 0 Å². The van der Waals surface area contributed by atoms with E-state index < -0.39 is 0 Å². The van der Waals surface area contributed by atoms with E-state index in [0.29, 0.717) is 23.4 Å². The van der Waals surface area contributed by atoms with Crippen LogP contribution in [0.3, 0.4) is 0 Å². The van der Waals surface area contributed by atoms with E-state index in [-0.39, 0.29) is 0 Å². The molecule has 3 rings (SSSR count). The molecule has 0 aliphatic rings. The molecule has 25 heavy (non-hydrogen) atoms. The summed E-state index contributed by atoms with van der Waals surface area (Å²) in [5.41, 5.74) is 5.08. The first-order valence-corrected chi connectivity index (χ1v) is 8.35. The lowest BCUT2D eigenvalue weighted by Crippen LogP contribution is -2.36. The van der Waals surface area contributed by atoms with Crippen LogP contribution in [0, 0.1) is 13.8 Å². The molecule has 0 aliphatic carbocycles. The number of nitrogens with zero attached hydrogens (tertiary/aromatic N) is 4. The van der Waals surface area contributed by atoms with E-state index in [1.807, 2.05) is 69.4 Å². The van der Waals surface area contributed by atoms with Crippen molar-refractivity contribution in [2.24, 2.45) is 17.0 Å². The molecule has 3 aromatic rings. The van der Waals surface area contributed by atoms with Crippen LogP contribution in [0.2, 0.25) is 0 Å². The first-order valence-electron chi connectivity index (χ1n) is 8.35. The summed E-state index contributed by atoms with van der Waals surface area (Å²) in [6.45, 7) is 6.10. The molecule has 0 spiro atoms. The summed E-state index contributed by atoms with van der Waals surface area (Å²) in [7, 11) is 1.86. The van der Waals surface area contributed by atoms with Crippen LogP contribution in [0.5, 0.6) is 0 Å². The summed E-state index contributed by atoms with van der Waals surface area (Å²) in [6, 6.07) is 16.0. The van der Waals surface area contributed by atoms with Crippen LogP contribution in [0.25, 0.3) is 0 Å². The third-order valence-corrected chi connectivity index (χ3v) is 3.81. The smallest absolute Gasteiger partial charge is 0.266 e. The molecule has 2 aromatic carbocycles. The fourth-order valence-corrected chi connectivity index (χ4v) is 2.34. The molecule has 5 heteroatoms. The van der Waals surface area contributed by atoms with Gasteiger partial charge in [0.1, 0.15) is 0 Å². The zero-order chi connectivity index (χ0) is 17.8. The van der Waals surface area contributed by atoms with E-state index in [1.165, 1.54) is 11.1 Å². The molecular weight excluding hydrogens is 312 g/mol. The Morgan fingerprint density at radius 1 is 0.880 bits per heavy atom. The maximum absolute atomic E-state index is 5.88. The first kappa shape index (κ1) is 16.9. The summed E-state index contributed by atoms with van der Waals surface area (Å²) in [4.78, 5) is 9.33. The number of hydrogen-bond donors (Lipinski definition) is 0. The lowest BCUT2D eigenvalue weighted by Gasteiger charge is -2.03. The van der Waals surface area contributed by atoms with Gasteiger partial charge in [0, 0.05) is 13.5 Å². The minimum Gasteiger partial charge on any atom is -0.419 e. The molecule has 0 bridgehead atoms. The number of rotatable bonds is 3. The van der Waals surface area contributed by atoms with Gasteiger partial charge >= 0.3 is 0 Å². The van der Waals surface area contributed by atoms with Gasteiger partial charge in [-0.05, 0) is 38.1 Å².